The molecular weight excluding hydrogens is 330 g/mol. The van der Waals surface area contributed by atoms with E-state index in [-0.39, 0.29) is 5.91 Å². The van der Waals surface area contributed by atoms with Crippen LogP contribution in [0.15, 0.2) is 24.3 Å². The van der Waals surface area contributed by atoms with E-state index in [1.165, 1.54) is 16.8 Å². The van der Waals surface area contributed by atoms with E-state index in [0.717, 1.165) is 43.9 Å². The highest BCUT2D eigenvalue weighted by atomic mass is 16.5. The van der Waals surface area contributed by atoms with Gasteiger partial charge in [-0.3, -0.25) is 9.48 Å². The van der Waals surface area contributed by atoms with Crippen LogP contribution in [0.4, 0.5) is 5.69 Å². The van der Waals surface area contributed by atoms with Crippen molar-refractivity contribution in [1.82, 2.24) is 9.78 Å². The van der Waals surface area contributed by atoms with Crippen molar-refractivity contribution in [3.05, 3.63) is 46.8 Å². The molecule has 0 N–H and O–H groups in total. The normalized spacial score (nSPS) is 15.8. The Morgan fingerprint density at radius 2 is 2.19 bits per heavy atom. The number of methoxy groups -OCH3 is 1. The van der Waals surface area contributed by atoms with Crippen molar-refractivity contribution in [3.63, 3.8) is 0 Å². The summed E-state index contributed by atoms with van der Waals surface area (Å²) in [6, 6.07) is 8.17. The summed E-state index contributed by atoms with van der Waals surface area (Å²) in [7, 11) is 1.70. The Bertz CT molecular complexity index is 800. The van der Waals surface area contributed by atoms with Crippen LogP contribution >= 0.6 is 0 Å². The molecule has 1 aromatic heterocycles. The highest BCUT2D eigenvalue weighted by Gasteiger charge is 2.26. The summed E-state index contributed by atoms with van der Waals surface area (Å²) >= 11 is 0. The molecule has 0 fully saturated rings. The van der Waals surface area contributed by atoms with Crippen molar-refractivity contribution >= 4 is 11.6 Å². The Kier molecular flexibility index (Phi) is 5.04. The first-order chi connectivity index (χ1) is 12.8. The maximum absolute atomic E-state index is 12.8. The van der Waals surface area contributed by atoms with Crippen LogP contribution in [0.1, 0.15) is 28.9 Å². The van der Waals surface area contributed by atoms with Gasteiger partial charge in [-0.15, -0.1) is 0 Å². The van der Waals surface area contributed by atoms with Gasteiger partial charge in [0.05, 0.1) is 32.1 Å². The number of carbonyl (C=O) groups excluding carboxylic acids is 1. The maximum atomic E-state index is 12.8. The minimum atomic E-state index is 0.173. The fraction of sp³-hybridized carbons (Fsp3) is 0.500. The zero-order valence-corrected chi connectivity index (χ0v) is 15.2. The van der Waals surface area contributed by atoms with Crippen LogP contribution < -0.4 is 4.90 Å². The molecule has 6 heteroatoms. The molecule has 138 valence electrons. The van der Waals surface area contributed by atoms with Crippen molar-refractivity contribution in [2.24, 2.45) is 0 Å². The van der Waals surface area contributed by atoms with Crippen LogP contribution in [0.3, 0.4) is 0 Å². The molecule has 6 nitrogen and oxygen atoms in total. The Labute approximate surface area is 153 Å². The van der Waals surface area contributed by atoms with Crippen LogP contribution in [-0.2, 0) is 46.7 Å². The molecule has 0 spiro atoms. The summed E-state index contributed by atoms with van der Waals surface area (Å²) in [4.78, 5) is 14.7. The predicted molar refractivity (Wildman–Crippen MR) is 98.3 cm³/mol. The number of amides is 1. The average molecular weight is 355 g/mol. The van der Waals surface area contributed by atoms with E-state index in [4.69, 9.17) is 14.6 Å². The number of para-hydroxylation sites is 1. The largest absolute Gasteiger partial charge is 0.383 e. The van der Waals surface area contributed by atoms with E-state index in [2.05, 4.69) is 6.07 Å². The summed E-state index contributed by atoms with van der Waals surface area (Å²) in [6.07, 6.45) is 2.95. The lowest BCUT2D eigenvalue weighted by molar-refractivity contribution is -0.118. The Morgan fingerprint density at radius 3 is 3.08 bits per heavy atom. The number of rotatable bonds is 6. The minimum absolute atomic E-state index is 0.173. The van der Waals surface area contributed by atoms with Crippen molar-refractivity contribution in [2.45, 2.75) is 38.8 Å². The van der Waals surface area contributed by atoms with Crippen molar-refractivity contribution < 1.29 is 14.3 Å². The maximum Gasteiger partial charge on any atom is 0.227 e. The number of anilines is 1. The second kappa shape index (κ2) is 7.60. The molecule has 2 aromatic rings. The molecule has 26 heavy (non-hydrogen) atoms. The number of hydrogen-bond acceptors (Lipinski definition) is 4. The number of carbonyl (C=O) groups is 1. The summed E-state index contributed by atoms with van der Waals surface area (Å²) in [6.45, 7) is 3.48. The molecule has 0 saturated heterocycles. The fourth-order valence-electron chi connectivity index (χ4n) is 3.90. The second-order valence-corrected chi connectivity index (χ2v) is 6.81. The number of benzene rings is 1. The number of aryl methyl sites for hydroxylation is 1. The zero-order chi connectivity index (χ0) is 17.9. The summed E-state index contributed by atoms with van der Waals surface area (Å²) in [5, 5.41) is 4.76. The van der Waals surface area contributed by atoms with Crippen LogP contribution in [0.5, 0.6) is 0 Å². The molecule has 0 bridgehead atoms. The molecule has 2 aliphatic rings. The van der Waals surface area contributed by atoms with Gasteiger partial charge in [-0.05, 0) is 18.1 Å². The average Bonchev–Trinajstić information content (AvgIpc) is 3.26. The summed E-state index contributed by atoms with van der Waals surface area (Å²) < 4.78 is 12.9. The number of ether oxygens (including phenoxy) is 2. The molecule has 1 aromatic carbocycles. The number of fused-ring (bicyclic) bond motifs is 2. The van der Waals surface area contributed by atoms with Gasteiger partial charge in [-0.2, -0.15) is 5.10 Å². The molecule has 4 rings (SSSR count). The van der Waals surface area contributed by atoms with E-state index in [9.17, 15) is 4.79 Å². The molecular formula is C20H25N3O3. The first-order valence-corrected chi connectivity index (χ1v) is 9.30. The Hall–Kier alpha value is -2.18. The third-order valence-electron chi connectivity index (χ3n) is 5.25. The van der Waals surface area contributed by atoms with E-state index in [0.29, 0.717) is 26.1 Å². The van der Waals surface area contributed by atoms with Crippen molar-refractivity contribution in [3.8, 4) is 0 Å². The van der Waals surface area contributed by atoms with Crippen LogP contribution in [-0.4, -0.2) is 42.6 Å². The molecule has 0 saturated carbocycles. The van der Waals surface area contributed by atoms with Gasteiger partial charge in [0.15, 0.2) is 0 Å². The zero-order valence-electron chi connectivity index (χ0n) is 15.2. The van der Waals surface area contributed by atoms with Gasteiger partial charge in [-0.25, -0.2) is 0 Å². The van der Waals surface area contributed by atoms with Gasteiger partial charge in [0, 0.05) is 49.9 Å². The molecule has 0 atom stereocenters. The predicted octanol–water partition coefficient (Wildman–Crippen LogP) is 2.12. The second-order valence-electron chi connectivity index (χ2n) is 6.81. The van der Waals surface area contributed by atoms with Gasteiger partial charge in [-0.1, -0.05) is 18.2 Å². The topological polar surface area (TPSA) is 56.6 Å². The molecule has 0 radical (unpaired) electrons. The smallest absolute Gasteiger partial charge is 0.227 e. The van der Waals surface area contributed by atoms with E-state index in [1.54, 1.807) is 7.11 Å². The summed E-state index contributed by atoms with van der Waals surface area (Å²) in [5.74, 6) is 0.173. The van der Waals surface area contributed by atoms with Crippen LogP contribution in [0.2, 0.25) is 0 Å². The number of aromatic nitrogens is 2. The highest BCUT2D eigenvalue weighted by molar-refractivity contribution is 5.95. The monoisotopic (exact) mass is 355 g/mol. The lowest BCUT2D eigenvalue weighted by Crippen LogP contribution is -2.29. The third kappa shape index (κ3) is 3.27. The summed E-state index contributed by atoms with van der Waals surface area (Å²) in [5.41, 5.74) is 5.73. The van der Waals surface area contributed by atoms with Gasteiger partial charge in [0.25, 0.3) is 0 Å². The number of nitrogens with zero attached hydrogens (tertiary/aromatic N) is 3. The van der Waals surface area contributed by atoms with E-state index < -0.39 is 0 Å². The highest BCUT2D eigenvalue weighted by Crippen LogP contribution is 2.28. The van der Waals surface area contributed by atoms with Crippen LogP contribution in [0, 0.1) is 0 Å². The first kappa shape index (κ1) is 17.2. The van der Waals surface area contributed by atoms with Crippen molar-refractivity contribution in [1.29, 1.82) is 0 Å². The Morgan fingerprint density at radius 1 is 1.31 bits per heavy atom. The first-order valence-electron chi connectivity index (χ1n) is 9.30. The molecule has 1 amide bonds. The number of hydrogen-bond donors (Lipinski definition) is 0. The van der Waals surface area contributed by atoms with Crippen LogP contribution in [0.25, 0.3) is 0 Å². The molecule has 0 aliphatic carbocycles. The lowest BCUT2D eigenvalue weighted by atomic mass is 10.1. The van der Waals surface area contributed by atoms with Gasteiger partial charge >= 0.3 is 0 Å². The third-order valence-corrected chi connectivity index (χ3v) is 5.25. The van der Waals surface area contributed by atoms with Gasteiger partial charge in [0.1, 0.15) is 0 Å². The van der Waals surface area contributed by atoms with E-state index >= 15 is 0 Å². The lowest BCUT2D eigenvalue weighted by Gasteiger charge is -2.17. The SMILES string of the molecule is COCCn1nc(CCC(=O)N2CCc3ccccc32)c2c1CCOC2. The quantitative estimate of drug-likeness (QED) is 0.796. The standard InChI is InChI=1S/C20H25N3O3/c1-25-13-11-23-19-9-12-26-14-16(19)17(21-23)6-7-20(24)22-10-8-15-4-2-3-5-18(15)22/h2-5H,6-14H2,1H3. The fourth-order valence-corrected chi connectivity index (χ4v) is 3.90. The molecule has 0 unspecified atom stereocenters. The van der Waals surface area contributed by atoms with Gasteiger partial charge < -0.3 is 14.4 Å². The molecule has 3 heterocycles. The van der Waals surface area contributed by atoms with Gasteiger partial charge in [0.2, 0.25) is 5.91 Å². The Balaban J connectivity index is 1.46. The molecule has 2 aliphatic heterocycles. The van der Waals surface area contributed by atoms with Crippen molar-refractivity contribution in [2.75, 3.05) is 31.8 Å². The van der Waals surface area contributed by atoms with E-state index in [1.807, 2.05) is 27.8 Å². The minimum Gasteiger partial charge on any atom is -0.383 e.